The van der Waals surface area contributed by atoms with Crippen LogP contribution < -0.4 is 11.1 Å². The Bertz CT molecular complexity index is 137. The lowest BCUT2D eigenvalue weighted by Crippen LogP contribution is -2.31. The summed E-state index contributed by atoms with van der Waals surface area (Å²) in [4.78, 5) is 11.3. The van der Waals surface area contributed by atoms with Gasteiger partial charge in [-0.3, -0.25) is 4.79 Å². The van der Waals surface area contributed by atoms with E-state index in [4.69, 9.17) is 5.73 Å². The van der Waals surface area contributed by atoms with Gasteiger partial charge in [-0.05, 0) is 19.4 Å². The summed E-state index contributed by atoms with van der Waals surface area (Å²) in [7, 11) is 0. The highest BCUT2D eigenvalue weighted by Gasteiger charge is 2.09. The summed E-state index contributed by atoms with van der Waals surface area (Å²) in [5.41, 5.74) is 5.36. The molecule has 0 aromatic heterocycles. The van der Waals surface area contributed by atoms with Crippen LogP contribution >= 0.6 is 0 Å². The number of nitrogens with one attached hydrogen (secondary N) is 1. The number of hydrogen-bond donors (Lipinski definition) is 2. The Labute approximate surface area is 81.1 Å². The van der Waals surface area contributed by atoms with Gasteiger partial charge in [0.25, 0.3) is 0 Å². The van der Waals surface area contributed by atoms with Crippen molar-refractivity contribution in [2.45, 2.75) is 39.5 Å². The zero-order valence-electron chi connectivity index (χ0n) is 8.81. The molecule has 0 saturated carbocycles. The Morgan fingerprint density at radius 3 is 2.69 bits per heavy atom. The quantitative estimate of drug-likeness (QED) is 0.588. The summed E-state index contributed by atoms with van der Waals surface area (Å²) in [6.45, 7) is 5.46. The largest absolute Gasteiger partial charge is 0.356 e. The Morgan fingerprint density at radius 1 is 1.46 bits per heavy atom. The standard InChI is InChI=1S/C10H22N2O/c1-3-4-5-8-12-10(13)9(2)6-7-11/h9H,3-8,11H2,1-2H3,(H,12,13). The highest BCUT2D eigenvalue weighted by atomic mass is 16.1. The molecule has 0 rings (SSSR count). The molecule has 13 heavy (non-hydrogen) atoms. The van der Waals surface area contributed by atoms with Crippen LogP contribution in [0.15, 0.2) is 0 Å². The van der Waals surface area contributed by atoms with E-state index in [-0.39, 0.29) is 11.8 Å². The molecule has 0 heterocycles. The maximum absolute atomic E-state index is 11.3. The molecular formula is C10H22N2O. The van der Waals surface area contributed by atoms with E-state index < -0.39 is 0 Å². The number of carbonyl (C=O) groups is 1. The molecule has 3 heteroatoms. The number of unbranched alkanes of at least 4 members (excludes halogenated alkanes) is 2. The molecule has 0 fully saturated rings. The minimum absolute atomic E-state index is 0.0617. The molecule has 1 amide bonds. The van der Waals surface area contributed by atoms with Crippen LogP contribution in [0, 0.1) is 5.92 Å². The van der Waals surface area contributed by atoms with Crippen LogP contribution in [0.4, 0.5) is 0 Å². The van der Waals surface area contributed by atoms with Crippen molar-refractivity contribution in [3.05, 3.63) is 0 Å². The van der Waals surface area contributed by atoms with Gasteiger partial charge >= 0.3 is 0 Å². The lowest BCUT2D eigenvalue weighted by molar-refractivity contribution is -0.124. The van der Waals surface area contributed by atoms with Gasteiger partial charge in [0.15, 0.2) is 0 Å². The van der Waals surface area contributed by atoms with E-state index in [1.165, 1.54) is 12.8 Å². The lowest BCUT2D eigenvalue weighted by Gasteiger charge is -2.10. The number of amides is 1. The molecule has 0 spiro atoms. The predicted molar refractivity (Wildman–Crippen MR) is 55.4 cm³/mol. The highest BCUT2D eigenvalue weighted by Crippen LogP contribution is 1.99. The van der Waals surface area contributed by atoms with Gasteiger partial charge in [-0.2, -0.15) is 0 Å². The molecule has 0 saturated heterocycles. The third-order valence-corrected chi connectivity index (χ3v) is 2.13. The fraction of sp³-hybridized carbons (Fsp3) is 0.900. The van der Waals surface area contributed by atoms with Gasteiger partial charge < -0.3 is 11.1 Å². The maximum atomic E-state index is 11.3. The van der Waals surface area contributed by atoms with Crippen molar-refractivity contribution in [1.82, 2.24) is 5.32 Å². The normalized spacial score (nSPS) is 12.5. The first kappa shape index (κ1) is 12.4. The third kappa shape index (κ3) is 6.58. The van der Waals surface area contributed by atoms with E-state index in [0.717, 1.165) is 19.4 Å². The highest BCUT2D eigenvalue weighted by molar-refractivity contribution is 5.78. The Kier molecular flexibility index (Phi) is 7.69. The smallest absolute Gasteiger partial charge is 0.222 e. The molecule has 0 aliphatic rings. The monoisotopic (exact) mass is 186 g/mol. The Hall–Kier alpha value is -0.570. The third-order valence-electron chi connectivity index (χ3n) is 2.13. The zero-order valence-corrected chi connectivity index (χ0v) is 8.81. The average Bonchev–Trinajstić information content (AvgIpc) is 2.12. The second kappa shape index (κ2) is 8.05. The second-order valence-electron chi connectivity index (χ2n) is 3.48. The van der Waals surface area contributed by atoms with E-state index in [9.17, 15) is 4.79 Å². The molecule has 0 aromatic rings. The van der Waals surface area contributed by atoms with Gasteiger partial charge in [-0.15, -0.1) is 0 Å². The summed E-state index contributed by atoms with van der Waals surface area (Å²) >= 11 is 0. The number of carbonyl (C=O) groups excluding carboxylic acids is 1. The van der Waals surface area contributed by atoms with Crippen LogP contribution in [0.1, 0.15) is 39.5 Å². The molecule has 78 valence electrons. The van der Waals surface area contributed by atoms with Gasteiger partial charge in [0, 0.05) is 12.5 Å². The minimum Gasteiger partial charge on any atom is -0.356 e. The fourth-order valence-electron chi connectivity index (χ4n) is 1.14. The van der Waals surface area contributed by atoms with E-state index in [1.807, 2.05) is 6.92 Å². The van der Waals surface area contributed by atoms with Gasteiger partial charge in [0.1, 0.15) is 0 Å². The van der Waals surface area contributed by atoms with Gasteiger partial charge in [0.2, 0.25) is 5.91 Å². The Morgan fingerprint density at radius 2 is 2.15 bits per heavy atom. The lowest BCUT2D eigenvalue weighted by atomic mass is 10.1. The molecule has 3 nitrogen and oxygen atoms in total. The van der Waals surface area contributed by atoms with Crippen LogP contribution in [0.25, 0.3) is 0 Å². The molecule has 0 radical (unpaired) electrons. The molecular weight excluding hydrogens is 164 g/mol. The summed E-state index contributed by atoms with van der Waals surface area (Å²) in [5, 5.41) is 2.91. The zero-order chi connectivity index (χ0) is 10.1. The van der Waals surface area contributed by atoms with Crippen LogP contribution in [0.3, 0.4) is 0 Å². The van der Waals surface area contributed by atoms with Gasteiger partial charge in [-0.1, -0.05) is 26.7 Å². The summed E-state index contributed by atoms with van der Waals surface area (Å²) in [5.74, 6) is 0.202. The average molecular weight is 186 g/mol. The van der Waals surface area contributed by atoms with E-state index >= 15 is 0 Å². The number of rotatable bonds is 7. The molecule has 1 unspecified atom stereocenters. The van der Waals surface area contributed by atoms with Crippen molar-refractivity contribution in [3.63, 3.8) is 0 Å². The fourth-order valence-corrected chi connectivity index (χ4v) is 1.14. The van der Waals surface area contributed by atoms with Crippen molar-refractivity contribution in [2.24, 2.45) is 11.7 Å². The minimum atomic E-state index is 0.0617. The van der Waals surface area contributed by atoms with Crippen molar-refractivity contribution in [2.75, 3.05) is 13.1 Å². The van der Waals surface area contributed by atoms with Crippen molar-refractivity contribution in [1.29, 1.82) is 0 Å². The second-order valence-corrected chi connectivity index (χ2v) is 3.48. The maximum Gasteiger partial charge on any atom is 0.222 e. The van der Waals surface area contributed by atoms with E-state index in [2.05, 4.69) is 12.2 Å². The number of hydrogen-bond acceptors (Lipinski definition) is 2. The number of nitrogens with two attached hydrogens (primary N) is 1. The molecule has 0 aliphatic carbocycles. The van der Waals surface area contributed by atoms with Gasteiger partial charge in [0.05, 0.1) is 0 Å². The molecule has 0 aromatic carbocycles. The molecule has 0 bridgehead atoms. The van der Waals surface area contributed by atoms with Crippen molar-refractivity contribution < 1.29 is 4.79 Å². The van der Waals surface area contributed by atoms with Crippen LogP contribution in [0.5, 0.6) is 0 Å². The predicted octanol–water partition coefficient (Wildman–Crippen LogP) is 1.28. The van der Waals surface area contributed by atoms with Crippen LogP contribution in [-0.4, -0.2) is 19.0 Å². The molecule has 0 aliphatic heterocycles. The van der Waals surface area contributed by atoms with Crippen LogP contribution in [-0.2, 0) is 4.79 Å². The topological polar surface area (TPSA) is 55.1 Å². The van der Waals surface area contributed by atoms with E-state index in [1.54, 1.807) is 0 Å². The Balaban J connectivity index is 3.38. The SMILES string of the molecule is CCCCCNC(=O)C(C)CCN. The van der Waals surface area contributed by atoms with E-state index in [0.29, 0.717) is 6.54 Å². The first-order valence-electron chi connectivity index (χ1n) is 5.20. The summed E-state index contributed by atoms with van der Waals surface area (Å²) in [6, 6.07) is 0. The molecule has 1 atom stereocenters. The first-order chi connectivity index (χ1) is 6.22. The first-order valence-corrected chi connectivity index (χ1v) is 5.20. The van der Waals surface area contributed by atoms with Gasteiger partial charge in [-0.25, -0.2) is 0 Å². The summed E-state index contributed by atoms with van der Waals surface area (Å²) in [6.07, 6.45) is 4.23. The summed E-state index contributed by atoms with van der Waals surface area (Å²) < 4.78 is 0. The van der Waals surface area contributed by atoms with Crippen molar-refractivity contribution in [3.8, 4) is 0 Å². The molecule has 3 N–H and O–H groups in total. The van der Waals surface area contributed by atoms with Crippen LogP contribution in [0.2, 0.25) is 0 Å². The van der Waals surface area contributed by atoms with Crippen molar-refractivity contribution >= 4 is 5.91 Å².